The molecular weight excluding hydrogens is 336 g/mol. The van der Waals surface area contributed by atoms with Gasteiger partial charge in [-0.15, -0.1) is 0 Å². The molecule has 0 bridgehead atoms. The number of hydrogen-bond donors (Lipinski definition) is 0. The summed E-state index contributed by atoms with van der Waals surface area (Å²) in [4.78, 5) is 0. The van der Waals surface area contributed by atoms with E-state index < -0.39 is 0 Å². The van der Waals surface area contributed by atoms with Crippen molar-refractivity contribution in [2.45, 2.75) is 83.0 Å². The van der Waals surface area contributed by atoms with Gasteiger partial charge in [0.15, 0.2) is 6.29 Å². The highest BCUT2D eigenvalue weighted by molar-refractivity contribution is 5.40. The van der Waals surface area contributed by atoms with Gasteiger partial charge in [-0.1, -0.05) is 13.0 Å². The lowest BCUT2D eigenvalue weighted by Crippen LogP contribution is -2.46. The summed E-state index contributed by atoms with van der Waals surface area (Å²) >= 11 is 0. The van der Waals surface area contributed by atoms with Crippen molar-refractivity contribution >= 4 is 0 Å². The lowest BCUT2D eigenvalue weighted by atomic mass is 9.55. The number of methoxy groups -OCH3 is 1. The summed E-state index contributed by atoms with van der Waals surface area (Å²) in [5, 5.41) is 0. The van der Waals surface area contributed by atoms with Crippen LogP contribution in [-0.2, 0) is 15.9 Å². The van der Waals surface area contributed by atoms with Crippen LogP contribution in [0.1, 0.15) is 75.3 Å². The average Bonchev–Trinajstić information content (AvgIpc) is 3.04. The number of aryl methyl sites for hydroxylation is 1. The Morgan fingerprint density at radius 1 is 1.07 bits per heavy atom. The maximum Gasteiger partial charge on any atom is 0.157 e. The maximum atomic E-state index is 6.57. The van der Waals surface area contributed by atoms with Gasteiger partial charge >= 0.3 is 0 Å². The number of hydrogen-bond acceptors (Lipinski definition) is 3. The van der Waals surface area contributed by atoms with Gasteiger partial charge in [0.2, 0.25) is 0 Å². The van der Waals surface area contributed by atoms with Crippen LogP contribution in [0.3, 0.4) is 0 Å². The third-order valence-electron chi connectivity index (χ3n) is 8.30. The van der Waals surface area contributed by atoms with Gasteiger partial charge in [-0.3, -0.25) is 0 Å². The van der Waals surface area contributed by atoms with E-state index in [0.717, 1.165) is 36.5 Å². The third-order valence-corrected chi connectivity index (χ3v) is 8.30. The van der Waals surface area contributed by atoms with Crippen LogP contribution in [0.25, 0.3) is 0 Å². The maximum absolute atomic E-state index is 6.57. The van der Waals surface area contributed by atoms with Crippen LogP contribution in [0.4, 0.5) is 0 Å². The van der Waals surface area contributed by atoms with Crippen LogP contribution in [0.15, 0.2) is 18.2 Å². The van der Waals surface area contributed by atoms with Crippen LogP contribution in [0.2, 0.25) is 0 Å². The molecule has 5 rings (SSSR count). The summed E-state index contributed by atoms with van der Waals surface area (Å²) in [5.74, 6) is 3.38. The van der Waals surface area contributed by atoms with Crippen molar-refractivity contribution < 1.29 is 14.2 Å². The lowest BCUT2D eigenvalue weighted by Gasteiger charge is -2.51. The number of ether oxygens (including phenoxy) is 3. The molecular formula is C24H34O3. The van der Waals surface area contributed by atoms with Crippen molar-refractivity contribution in [1.29, 1.82) is 0 Å². The largest absolute Gasteiger partial charge is 0.497 e. The minimum absolute atomic E-state index is 0.0524. The van der Waals surface area contributed by atoms with Gasteiger partial charge in [0.1, 0.15) is 5.75 Å². The molecule has 0 spiro atoms. The second kappa shape index (κ2) is 7.08. The van der Waals surface area contributed by atoms with E-state index in [1.165, 1.54) is 56.9 Å². The molecule has 1 aromatic carbocycles. The Labute approximate surface area is 163 Å². The Hall–Kier alpha value is -1.06. The van der Waals surface area contributed by atoms with Crippen molar-refractivity contribution in [1.82, 2.24) is 0 Å². The first-order valence-corrected chi connectivity index (χ1v) is 11.1. The molecule has 3 heteroatoms. The average molecular weight is 371 g/mol. The van der Waals surface area contributed by atoms with Gasteiger partial charge in [0, 0.05) is 6.61 Å². The molecule has 2 saturated carbocycles. The molecule has 27 heavy (non-hydrogen) atoms. The van der Waals surface area contributed by atoms with E-state index >= 15 is 0 Å². The van der Waals surface area contributed by atoms with Gasteiger partial charge < -0.3 is 14.2 Å². The fourth-order valence-electron chi connectivity index (χ4n) is 6.86. The standard InChI is InChI=1S/C24H34O3/c1-24-13-12-19-18-9-7-17(25-2)15-16(18)6-8-20(19)21(24)10-11-22(24)27-23-5-3-4-14-26-23/h7,9,15,19-23H,3-6,8,10-14H2,1-2H3. The van der Waals surface area contributed by atoms with E-state index in [2.05, 4.69) is 25.1 Å². The summed E-state index contributed by atoms with van der Waals surface area (Å²) in [6.45, 7) is 3.40. The number of rotatable bonds is 3. The van der Waals surface area contributed by atoms with Crippen LogP contribution in [0, 0.1) is 17.3 Å². The van der Waals surface area contributed by atoms with Gasteiger partial charge in [-0.25, -0.2) is 0 Å². The Bertz CT molecular complexity index is 680. The minimum Gasteiger partial charge on any atom is -0.497 e. The van der Waals surface area contributed by atoms with E-state index in [9.17, 15) is 0 Å². The highest BCUT2D eigenvalue weighted by atomic mass is 16.7. The van der Waals surface area contributed by atoms with E-state index in [1.54, 1.807) is 12.7 Å². The molecule has 0 radical (unpaired) electrons. The summed E-state index contributed by atoms with van der Waals surface area (Å²) in [7, 11) is 1.77. The van der Waals surface area contributed by atoms with Crippen molar-refractivity contribution in [3.8, 4) is 5.75 Å². The van der Waals surface area contributed by atoms with Crippen LogP contribution in [-0.4, -0.2) is 26.1 Å². The molecule has 1 aliphatic heterocycles. The predicted molar refractivity (Wildman–Crippen MR) is 106 cm³/mol. The molecule has 148 valence electrons. The Kier molecular flexibility index (Phi) is 4.72. The fraction of sp³-hybridized carbons (Fsp3) is 0.750. The second-order valence-electron chi connectivity index (χ2n) is 9.52. The van der Waals surface area contributed by atoms with Crippen molar-refractivity contribution in [2.75, 3.05) is 13.7 Å². The Morgan fingerprint density at radius 3 is 2.81 bits per heavy atom. The molecule has 4 aliphatic rings. The van der Waals surface area contributed by atoms with Crippen molar-refractivity contribution in [3.05, 3.63) is 29.3 Å². The SMILES string of the molecule is COc1ccc2c(c1)CCC1C2CCC2(C)C(OC3CCCCO3)CCC12. The molecule has 0 aromatic heterocycles. The molecule has 3 fully saturated rings. The molecule has 6 atom stereocenters. The van der Waals surface area contributed by atoms with Crippen molar-refractivity contribution in [2.24, 2.45) is 17.3 Å². The monoisotopic (exact) mass is 370 g/mol. The fourth-order valence-corrected chi connectivity index (χ4v) is 6.86. The van der Waals surface area contributed by atoms with Gasteiger partial charge in [0.25, 0.3) is 0 Å². The topological polar surface area (TPSA) is 27.7 Å². The third kappa shape index (κ3) is 3.02. The van der Waals surface area contributed by atoms with E-state index in [0.29, 0.717) is 11.5 Å². The predicted octanol–water partition coefficient (Wildman–Crippen LogP) is 5.46. The number of fused-ring (bicyclic) bond motifs is 5. The molecule has 0 N–H and O–H groups in total. The molecule has 6 unspecified atom stereocenters. The van der Waals surface area contributed by atoms with Crippen LogP contribution >= 0.6 is 0 Å². The molecule has 1 aromatic rings. The first-order valence-electron chi connectivity index (χ1n) is 11.1. The van der Waals surface area contributed by atoms with Crippen molar-refractivity contribution in [3.63, 3.8) is 0 Å². The van der Waals surface area contributed by atoms with Gasteiger partial charge in [-0.2, -0.15) is 0 Å². The second-order valence-corrected chi connectivity index (χ2v) is 9.52. The van der Waals surface area contributed by atoms with E-state index in [-0.39, 0.29) is 6.29 Å². The Balaban J connectivity index is 1.35. The quantitative estimate of drug-likeness (QED) is 0.707. The van der Waals surface area contributed by atoms with Gasteiger partial charge in [0.05, 0.1) is 13.2 Å². The van der Waals surface area contributed by atoms with E-state index in [1.807, 2.05) is 0 Å². The molecule has 0 amide bonds. The smallest absolute Gasteiger partial charge is 0.157 e. The van der Waals surface area contributed by atoms with Crippen LogP contribution in [0.5, 0.6) is 5.75 Å². The molecule has 3 nitrogen and oxygen atoms in total. The lowest BCUT2D eigenvalue weighted by molar-refractivity contribution is -0.212. The molecule has 1 heterocycles. The first kappa shape index (κ1) is 18.0. The number of benzene rings is 1. The highest BCUT2D eigenvalue weighted by Crippen LogP contribution is 2.61. The summed E-state index contributed by atoms with van der Waals surface area (Å²) in [6.07, 6.45) is 11.7. The van der Waals surface area contributed by atoms with Gasteiger partial charge in [-0.05, 0) is 104 Å². The Morgan fingerprint density at radius 2 is 2.00 bits per heavy atom. The minimum atomic E-state index is 0.0524. The summed E-state index contributed by atoms with van der Waals surface area (Å²) < 4.78 is 17.9. The zero-order valence-electron chi connectivity index (χ0n) is 16.9. The normalized spacial score (nSPS) is 40.7. The zero-order chi connectivity index (χ0) is 18.4. The zero-order valence-corrected chi connectivity index (χ0v) is 16.9. The highest BCUT2D eigenvalue weighted by Gasteiger charge is 2.55. The molecule has 3 aliphatic carbocycles. The van der Waals surface area contributed by atoms with E-state index in [4.69, 9.17) is 14.2 Å². The first-order chi connectivity index (χ1) is 13.2. The summed E-state index contributed by atoms with van der Waals surface area (Å²) in [5.41, 5.74) is 3.47. The van der Waals surface area contributed by atoms with Crippen LogP contribution < -0.4 is 4.74 Å². The molecule has 1 saturated heterocycles. The summed E-state index contributed by atoms with van der Waals surface area (Å²) in [6, 6.07) is 6.79.